The second kappa shape index (κ2) is 7.59. The van der Waals surface area contributed by atoms with Crippen molar-refractivity contribution in [3.05, 3.63) is 75.9 Å². The van der Waals surface area contributed by atoms with Gasteiger partial charge < -0.3 is 10.1 Å². The molecule has 0 aliphatic heterocycles. The Morgan fingerprint density at radius 3 is 2.80 bits per heavy atom. The lowest BCUT2D eigenvalue weighted by molar-refractivity contribution is 0.102. The monoisotopic (exact) mass is 375 g/mol. The number of nitrogens with one attached hydrogen (secondary N) is 1. The van der Waals surface area contributed by atoms with Crippen molar-refractivity contribution in [1.82, 2.24) is 9.78 Å². The molecule has 0 atom stereocenters. The van der Waals surface area contributed by atoms with Crippen molar-refractivity contribution in [3.8, 4) is 5.75 Å². The molecule has 128 valence electrons. The Morgan fingerprint density at radius 1 is 1.20 bits per heavy atom. The average molecular weight is 376 g/mol. The molecular weight excluding hydrogens is 361 g/mol. The molecule has 0 saturated heterocycles. The molecule has 0 aliphatic carbocycles. The van der Waals surface area contributed by atoms with E-state index in [2.05, 4.69) is 10.4 Å². The Kier molecular flexibility index (Phi) is 5.26. The number of nitrogens with zero attached hydrogens (tertiary/aromatic N) is 2. The minimum absolute atomic E-state index is 0.247. The highest BCUT2D eigenvalue weighted by atomic mass is 35.5. The molecule has 1 amide bonds. The number of carbonyl (C=O) groups excluding carboxylic acids is 1. The summed E-state index contributed by atoms with van der Waals surface area (Å²) in [5.74, 6) is 0.941. The van der Waals surface area contributed by atoms with Gasteiger partial charge in [-0.3, -0.25) is 4.79 Å². The highest BCUT2D eigenvalue weighted by Crippen LogP contribution is 2.23. The molecule has 0 aliphatic rings. The Hall–Kier alpha value is -2.50. The van der Waals surface area contributed by atoms with Gasteiger partial charge in [-0.05, 0) is 35.9 Å². The number of amides is 1. The molecule has 1 heterocycles. The molecule has 0 fully saturated rings. The minimum atomic E-state index is -0.247. The van der Waals surface area contributed by atoms with Crippen molar-refractivity contribution in [2.24, 2.45) is 0 Å². The lowest BCUT2D eigenvalue weighted by Gasteiger charge is -2.11. The van der Waals surface area contributed by atoms with Gasteiger partial charge in [0.05, 0.1) is 19.9 Å². The van der Waals surface area contributed by atoms with Gasteiger partial charge in [0.1, 0.15) is 11.6 Å². The highest BCUT2D eigenvalue weighted by Gasteiger charge is 2.12. The number of carbonyl (C=O) groups is 1. The van der Waals surface area contributed by atoms with Gasteiger partial charge in [-0.2, -0.15) is 5.10 Å². The molecule has 0 saturated carbocycles. The smallest absolute Gasteiger partial charge is 0.256 e. The van der Waals surface area contributed by atoms with Crippen LogP contribution >= 0.6 is 23.2 Å². The zero-order valence-electron chi connectivity index (χ0n) is 13.4. The first kappa shape index (κ1) is 17.3. The third-order valence-corrected chi connectivity index (χ3v) is 4.21. The fraction of sp³-hybridized carbons (Fsp3) is 0.111. The Morgan fingerprint density at radius 2 is 2.04 bits per heavy atom. The fourth-order valence-corrected chi connectivity index (χ4v) is 2.80. The summed E-state index contributed by atoms with van der Waals surface area (Å²) in [6.07, 6.45) is 1.62. The van der Waals surface area contributed by atoms with Crippen LogP contribution in [0.25, 0.3) is 0 Å². The van der Waals surface area contributed by atoms with Crippen LogP contribution in [0.4, 0.5) is 5.82 Å². The van der Waals surface area contributed by atoms with Crippen LogP contribution in [0.2, 0.25) is 10.0 Å². The van der Waals surface area contributed by atoms with E-state index in [-0.39, 0.29) is 5.91 Å². The van der Waals surface area contributed by atoms with Crippen molar-refractivity contribution >= 4 is 34.9 Å². The van der Waals surface area contributed by atoms with Gasteiger partial charge in [0.2, 0.25) is 0 Å². The van der Waals surface area contributed by atoms with E-state index in [0.717, 1.165) is 5.56 Å². The van der Waals surface area contributed by atoms with E-state index in [1.807, 2.05) is 6.07 Å². The summed E-state index contributed by atoms with van der Waals surface area (Å²) in [5, 5.41) is 8.21. The zero-order chi connectivity index (χ0) is 17.8. The molecule has 25 heavy (non-hydrogen) atoms. The Bertz CT molecular complexity index is 909. The standard InChI is InChI=1S/C18H15Cl2N3O2/c1-25-15-4-2-3-12(9-15)18(24)22-17-7-8-21-23(17)11-13-5-6-14(19)10-16(13)20/h2-10H,11H2,1H3,(H,22,24). The summed E-state index contributed by atoms with van der Waals surface area (Å²) in [6, 6.07) is 13.9. The van der Waals surface area contributed by atoms with E-state index in [9.17, 15) is 4.79 Å². The number of benzene rings is 2. The van der Waals surface area contributed by atoms with Crippen LogP contribution in [0.5, 0.6) is 5.75 Å². The summed E-state index contributed by atoms with van der Waals surface area (Å²) < 4.78 is 6.80. The van der Waals surface area contributed by atoms with Crippen molar-refractivity contribution < 1.29 is 9.53 Å². The van der Waals surface area contributed by atoms with Gasteiger partial charge in [-0.15, -0.1) is 0 Å². The van der Waals surface area contributed by atoms with E-state index in [1.54, 1.807) is 60.5 Å². The average Bonchev–Trinajstić information content (AvgIpc) is 3.04. The number of anilines is 1. The molecule has 7 heteroatoms. The van der Waals surface area contributed by atoms with E-state index in [4.69, 9.17) is 27.9 Å². The Balaban J connectivity index is 1.78. The summed E-state index contributed by atoms with van der Waals surface area (Å²) in [6.45, 7) is 0.413. The molecule has 2 aromatic carbocycles. The summed E-state index contributed by atoms with van der Waals surface area (Å²) in [4.78, 5) is 12.4. The number of methoxy groups -OCH3 is 1. The number of rotatable bonds is 5. The summed E-state index contributed by atoms with van der Waals surface area (Å²) in [7, 11) is 1.56. The third-order valence-electron chi connectivity index (χ3n) is 3.63. The van der Waals surface area contributed by atoms with Crippen LogP contribution in [-0.2, 0) is 6.54 Å². The molecule has 3 rings (SSSR count). The molecule has 3 aromatic rings. The quantitative estimate of drug-likeness (QED) is 0.714. The van der Waals surface area contributed by atoms with E-state index in [0.29, 0.717) is 33.7 Å². The van der Waals surface area contributed by atoms with Gasteiger partial charge in [0.25, 0.3) is 5.91 Å². The normalized spacial score (nSPS) is 10.5. The molecule has 0 unspecified atom stereocenters. The maximum absolute atomic E-state index is 12.4. The zero-order valence-corrected chi connectivity index (χ0v) is 14.9. The van der Waals surface area contributed by atoms with Gasteiger partial charge in [-0.25, -0.2) is 4.68 Å². The number of ether oxygens (including phenoxy) is 1. The largest absolute Gasteiger partial charge is 0.497 e. The first-order valence-electron chi connectivity index (χ1n) is 7.48. The van der Waals surface area contributed by atoms with Crippen molar-refractivity contribution in [2.75, 3.05) is 12.4 Å². The Labute approximate surface area is 155 Å². The number of hydrogen-bond donors (Lipinski definition) is 1. The van der Waals surface area contributed by atoms with Gasteiger partial charge in [0, 0.05) is 21.7 Å². The van der Waals surface area contributed by atoms with Crippen molar-refractivity contribution in [3.63, 3.8) is 0 Å². The van der Waals surface area contributed by atoms with E-state index in [1.165, 1.54) is 0 Å². The van der Waals surface area contributed by atoms with Crippen molar-refractivity contribution in [1.29, 1.82) is 0 Å². The maximum Gasteiger partial charge on any atom is 0.256 e. The molecule has 1 N–H and O–H groups in total. The maximum atomic E-state index is 12.4. The molecule has 0 radical (unpaired) electrons. The third kappa shape index (κ3) is 4.13. The molecule has 0 bridgehead atoms. The fourth-order valence-electron chi connectivity index (χ4n) is 2.33. The number of halogens is 2. The lowest BCUT2D eigenvalue weighted by Crippen LogP contribution is -2.16. The second-order valence-electron chi connectivity index (χ2n) is 5.30. The van der Waals surface area contributed by atoms with Crippen LogP contribution in [0.3, 0.4) is 0 Å². The molecule has 0 spiro atoms. The topological polar surface area (TPSA) is 56.1 Å². The van der Waals surface area contributed by atoms with Gasteiger partial charge in [0.15, 0.2) is 0 Å². The van der Waals surface area contributed by atoms with Crippen LogP contribution in [0.1, 0.15) is 15.9 Å². The van der Waals surface area contributed by atoms with Crippen LogP contribution in [-0.4, -0.2) is 22.8 Å². The molecular formula is C18H15Cl2N3O2. The van der Waals surface area contributed by atoms with Gasteiger partial charge >= 0.3 is 0 Å². The van der Waals surface area contributed by atoms with Crippen molar-refractivity contribution in [2.45, 2.75) is 6.54 Å². The SMILES string of the molecule is COc1cccc(C(=O)Nc2ccnn2Cc2ccc(Cl)cc2Cl)c1. The first-order chi connectivity index (χ1) is 12.1. The molecule has 1 aromatic heterocycles. The lowest BCUT2D eigenvalue weighted by atomic mass is 10.2. The summed E-state index contributed by atoms with van der Waals surface area (Å²) in [5.41, 5.74) is 1.35. The predicted octanol–water partition coefficient (Wildman–Crippen LogP) is 4.50. The number of hydrogen-bond acceptors (Lipinski definition) is 3. The minimum Gasteiger partial charge on any atom is -0.497 e. The highest BCUT2D eigenvalue weighted by molar-refractivity contribution is 6.35. The van der Waals surface area contributed by atoms with E-state index >= 15 is 0 Å². The molecule has 5 nitrogen and oxygen atoms in total. The first-order valence-corrected chi connectivity index (χ1v) is 8.23. The van der Waals surface area contributed by atoms with Crippen LogP contribution in [0.15, 0.2) is 54.7 Å². The second-order valence-corrected chi connectivity index (χ2v) is 6.14. The van der Waals surface area contributed by atoms with Crippen LogP contribution < -0.4 is 10.1 Å². The van der Waals surface area contributed by atoms with Gasteiger partial charge in [-0.1, -0.05) is 35.3 Å². The summed E-state index contributed by atoms with van der Waals surface area (Å²) >= 11 is 12.1. The van der Waals surface area contributed by atoms with E-state index < -0.39 is 0 Å². The van der Waals surface area contributed by atoms with Crippen LogP contribution in [0, 0.1) is 0 Å². The predicted molar refractivity (Wildman–Crippen MR) is 98.7 cm³/mol. The number of aromatic nitrogens is 2.